The molecule has 3 aromatic rings. The van der Waals surface area contributed by atoms with E-state index >= 15 is 0 Å². The summed E-state index contributed by atoms with van der Waals surface area (Å²) in [5, 5.41) is 5.42. The molecule has 1 atom stereocenters. The number of benzene rings is 1. The zero-order chi connectivity index (χ0) is 25.0. The SMILES string of the molecule is Cc1ccc(NC(=O)Nc2cncc(-c3ccc([C@H]4CCCN4C(=O)OC(C)(C)C)cc3)n2)cn1. The summed E-state index contributed by atoms with van der Waals surface area (Å²) < 4.78 is 5.58. The van der Waals surface area contributed by atoms with E-state index in [0.29, 0.717) is 23.7 Å². The Balaban J connectivity index is 1.43. The van der Waals surface area contributed by atoms with Crippen molar-refractivity contribution in [3.8, 4) is 11.3 Å². The molecule has 0 unspecified atom stereocenters. The summed E-state index contributed by atoms with van der Waals surface area (Å²) >= 11 is 0. The lowest BCUT2D eigenvalue weighted by Gasteiger charge is -2.29. The highest BCUT2D eigenvalue weighted by atomic mass is 16.6. The van der Waals surface area contributed by atoms with E-state index in [1.807, 2.05) is 58.0 Å². The van der Waals surface area contributed by atoms with Gasteiger partial charge in [0, 0.05) is 17.8 Å². The minimum absolute atomic E-state index is 0.0158. The van der Waals surface area contributed by atoms with E-state index < -0.39 is 11.6 Å². The molecule has 4 rings (SSSR count). The third-order valence-corrected chi connectivity index (χ3v) is 5.52. The van der Waals surface area contributed by atoms with Crippen LogP contribution in [0.4, 0.5) is 21.1 Å². The number of ether oxygens (including phenoxy) is 1. The molecule has 0 bridgehead atoms. The first kappa shape index (κ1) is 24.1. The first-order chi connectivity index (χ1) is 16.7. The number of pyridine rings is 1. The standard InChI is InChI=1S/C26H30N6O3/c1-17-7-12-20(14-28-17)29-24(33)31-23-16-27-15-21(30-23)18-8-10-19(11-9-18)22-6-5-13-32(22)25(34)35-26(2,3)4/h7-12,14-16,22H,5-6,13H2,1-4H3,(H2,29,30,31,33)/t22-/m1/s1. The maximum absolute atomic E-state index is 12.6. The fourth-order valence-corrected chi connectivity index (χ4v) is 3.91. The van der Waals surface area contributed by atoms with Gasteiger partial charge in [-0.05, 0) is 58.2 Å². The molecule has 35 heavy (non-hydrogen) atoms. The second kappa shape index (κ2) is 10.1. The molecule has 2 aromatic heterocycles. The highest BCUT2D eigenvalue weighted by molar-refractivity contribution is 5.99. The van der Waals surface area contributed by atoms with Crippen LogP contribution in [0.15, 0.2) is 55.0 Å². The fourth-order valence-electron chi connectivity index (χ4n) is 3.91. The Labute approximate surface area is 205 Å². The van der Waals surface area contributed by atoms with Gasteiger partial charge in [-0.25, -0.2) is 14.6 Å². The van der Waals surface area contributed by atoms with E-state index in [-0.39, 0.29) is 12.1 Å². The normalized spacial score (nSPS) is 15.5. The lowest BCUT2D eigenvalue weighted by Crippen LogP contribution is -2.36. The zero-order valence-electron chi connectivity index (χ0n) is 20.4. The molecule has 182 valence electrons. The molecule has 0 spiro atoms. The van der Waals surface area contributed by atoms with Crippen LogP contribution in [0.2, 0.25) is 0 Å². The fraction of sp³-hybridized carbons (Fsp3) is 0.346. The van der Waals surface area contributed by atoms with Crippen molar-refractivity contribution in [2.45, 2.75) is 52.2 Å². The third-order valence-electron chi connectivity index (χ3n) is 5.52. The van der Waals surface area contributed by atoms with Gasteiger partial charge in [-0.15, -0.1) is 0 Å². The number of rotatable bonds is 4. The highest BCUT2D eigenvalue weighted by Crippen LogP contribution is 2.34. The van der Waals surface area contributed by atoms with Crippen molar-refractivity contribution in [3.63, 3.8) is 0 Å². The van der Waals surface area contributed by atoms with Crippen LogP contribution in [0.1, 0.15) is 50.9 Å². The highest BCUT2D eigenvalue weighted by Gasteiger charge is 2.33. The number of nitrogens with zero attached hydrogens (tertiary/aromatic N) is 4. The van der Waals surface area contributed by atoms with Gasteiger partial charge in [0.25, 0.3) is 0 Å². The van der Waals surface area contributed by atoms with Gasteiger partial charge in [0.15, 0.2) is 5.82 Å². The van der Waals surface area contributed by atoms with E-state index in [0.717, 1.165) is 29.7 Å². The van der Waals surface area contributed by atoms with Gasteiger partial charge in [0.1, 0.15) is 5.60 Å². The van der Waals surface area contributed by atoms with Crippen molar-refractivity contribution in [2.24, 2.45) is 0 Å². The average Bonchev–Trinajstić information content (AvgIpc) is 3.30. The van der Waals surface area contributed by atoms with Gasteiger partial charge in [-0.2, -0.15) is 0 Å². The Bertz CT molecular complexity index is 1190. The van der Waals surface area contributed by atoms with E-state index in [1.54, 1.807) is 23.4 Å². The Kier molecular flexibility index (Phi) is 6.95. The molecule has 1 saturated heterocycles. The zero-order valence-corrected chi connectivity index (χ0v) is 20.4. The van der Waals surface area contributed by atoms with Crippen molar-refractivity contribution in [3.05, 3.63) is 66.2 Å². The summed E-state index contributed by atoms with van der Waals surface area (Å²) in [5.41, 5.74) is 3.45. The van der Waals surface area contributed by atoms with Gasteiger partial charge in [0.05, 0.1) is 36.0 Å². The van der Waals surface area contributed by atoms with E-state index in [2.05, 4.69) is 25.6 Å². The summed E-state index contributed by atoms with van der Waals surface area (Å²) in [6, 6.07) is 11.1. The second-order valence-corrected chi connectivity index (χ2v) is 9.51. The maximum Gasteiger partial charge on any atom is 0.410 e. The Morgan fingerprint density at radius 3 is 2.49 bits per heavy atom. The molecule has 3 heterocycles. The molecule has 1 aliphatic heterocycles. The summed E-state index contributed by atoms with van der Waals surface area (Å²) in [4.78, 5) is 39.6. The van der Waals surface area contributed by atoms with Crippen molar-refractivity contribution in [1.29, 1.82) is 0 Å². The minimum Gasteiger partial charge on any atom is -0.444 e. The van der Waals surface area contributed by atoms with Crippen LogP contribution in [0, 0.1) is 6.92 Å². The number of nitrogens with one attached hydrogen (secondary N) is 2. The van der Waals surface area contributed by atoms with Crippen LogP contribution in [-0.4, -0.2) is 44.1 Å². The van der Waals surface area contributed by atoms with Crippen molar-refractivity contribution in [1.82, 2.24) is 19.9 Å². The molecule has 9 nitrogen and oxygen atoms in total. The van der Waals surface area contributed by atoms with Gasteiger partial charge in [-0.3, -0.25) is 15.3 Å². The maximum atomic E-state index is 12.6. The predicted octanol–water partition coefficient (Wildman–Crippen LogP) is 5.56. The van der Waals surface area contributed by atoms with Crippen LogP contribution >= 0.6 is 0 Å². The smallest absolute Gasteiger partial charge is 0.410 e. The number of anilines is 2. The predicted molar refractivity (Wildman–Crippen MR) is 134 cm³/mol. The number of amides is 3. The van der Waals surface area contributed by atoms with Gasteiger partial charge < -0.3 is 15.0 Å². The largest absolute Gasteiger partial charge is 0.444 e. The summed E-state index contributed by atoms with van der Waals surface area (Å²) in [6.07, 6.45) is 6.27. The summed E-state index contributed by atoms with van der Waals surface area (Å²) in [6.45, 7) is 8.18. The molecule has 1 aliphatic rings. The number of urea groups is 1. The first-order valence-electron chi connectivity index (χ1n) is 11.6. The van der Waals surface area contributed by atoms with E-state index in [4.69, 9.17) is 4.74 Å². The molecule has 0 radical (unpaired) electrons. The average molecular weight is 475 g/mol. The van der Waals surface area contributed by atoms with Gasteiger partial charge in [0.2, 0.25) is 0 Å². The van der Waals surface area contributed by atoms with Crippen LogP contribution in [0.5, 0.6) is 0 Å². The second-order valence-electron chi connectivity index (χ2n) is 9.51. The van der Waals surface area contributed by atoms with E-state index in [9.17, 15) is 9.59 Å². The van der Waals surface area contributed by atoms with Crippen molar-refractivity contribution >= 4 is 23.6 Å². The lowest BCUT2D eigenvalue weighted by molar-refractivity contribution is 0.0224. The summed E-state index contributed by atoms with van der Waals surface area (Å²) in [7, 11) is 0. The van der Waals surface area contributed by atoms with Gasteiger partial charge in [-0.1, -0.05) is 24.3 Å². The monoisotopic (exact) mass is 474 g/mol. The van der Waals surface area contributed by atoms with Crippen LogP contribution in [-0.2, 0) is 4.74 Å². The van der Waals surface area contributed by atoms with Gasteiger partial charge >= 0.3 is 12.1 Å². The summed E-state index contributed by atoms with van der Waals surface area (Å²) in [5.74, 6) is 0.330. The number of hydrogen-bond acceptors (Lipinski definition) is 6. The quantitative estimate of drug-likeness (QED) is 0.512. The number of carbonyl (C=O) groups is 2. The molecule has 0 aliphatic carbocycles. The van der Waals surface area contributed by atoms with Crippen LogP contribution in [0.3, 0.4) is 0 Å². The molecule has 9 heteroatoms. The first-order valence-corrected chi connectivity index (χ1v) is 11.6. The van der Waals surface area contributed by atoms with Crippen LogP contribution in [0.25, 0.3) is 11.3 Å². The van der Waals surface area contributed by atoms with Crippen molar-refractivity contribution < 1.29 is 14.3 Å². The molecule has 3 amide bonds. The molecular weight excluding hydrogens is 444 g/mol. The number of carbonyl (C=O) groups excluding carboxylic acids is 2. The lowest BCUT2D eigenvalue weighted by atomic mass is 10.0. The molecule has 2 N–H and O–H groups in total. The number of hydrogen-bond donors (Lipinski definition) is 2. The van der Waals surface area contributed by atoms with Crippen LogP contribution < -0.4 is 10.6 Å². The third kappa shape index (κ3) is 6.32. The molecule has 1 aromatic carbocycles. The van der Waals surface area contributed by atoms with Crippen molar-refractivity contribution in [2.75, 3.05) is 17.2 Å². The number of aromatic nitrogens is 3. The number of likely N-dealkylation sites (tertiary alicyclic amines) is 1. The molecule has 0 saturated carbocycles. The Morgan fingerprint density at radius 1 is 1.03 bits per heavy atom. The molecular formula is C26H30N6O3. The topological polar surface area (TPSA) is 109 Å². The minimum atomic E-state index is -0.528. The van der Waals surface area contributed by atoms with E-state index in [1.165, 1.54) is 6.20 Å². The Hall–Kier alpha value is -4.01. The Morgan fingerprint density at radius 2 is 1.80 bits per heavy atom. The molecule has 1 fully saturated rings. The number of aryl methyl sites for hydroxylation is 1.